The molecule has 0 fully saturated rings. The Morgan fingerprint density at radius 3 is 2.23 bits per heavy atom. The lowest BCUT2D eigenvalue weighted by molar-refractivity contribution is -0.394. The van der Waals surface area contributed by atoms with Crippen LogP contribution < -0.4 is 5.32 Å². The first-order valence-electron chi connectivity index (χ1n) is 6.62. The molecule has 0 aliphatic rings. The van der Waals surface area contributed by atoms with Gasteiger partial charge in [0.25, 0.3) is 17.3 Å². The normalized spacial score (nSPS) is 11.1. The van der Waals surface area contributed by atoms with Crippen molar-refractivity contribution in [2.24, 2.45) is 0 Å². The number of benzene rings is 2. The first-order chi connectivity index (χ1) is 12.0. The maximum absolute atomic E-state index is 13.0. The van der Waals surface area contributed by atoms with Crippen molar-refractivity contribution < 1.29 is 27.8 Å². The van der Waals surface area contributed by atoms with Crippen molar-refractivity contribution >= 4 is 34.6 Å². The van der Waals surface area contributed by atoms with Crippen molar-refractivity contribution in [2.45, 2.75) is 6.18 Å². The highest BCUT2D eigenvalue weighted by Gasteiger charge is 2.34. The van der Waals surface area contributed by atoms with E-state index in [-0.39, 0.29) is 0 Å². The predicted octanol–water partition coefficient (Wildman–Crippen LogP) is 4.43. The number of nitro benzene ring substituents is 2. The summed E-state index contributed by atoms with van der Waals surface area (Å²) in [6, 6.07) is 5.18. The summed E-state index contributed by atoms with van der Waals surface area (Å²) in [5, 5.41) is 23.0. The molecule has 0 bridgehead atoms. The molecule has 1 N–H and O–H groups in total. The SMILES string of the molecule is O=C(Nc1ccccc1C(F)(F)F)c1cc([N+](=O)[O-])cc([N+](=O)[O-])c1Cl. The molecule has 0 saturated heterocycles. The number of halogens is 4. The summed E-state index contributed by atoms with van der Waals surface area (Å²) in [4.78, 5) is 32.0. The Kier molecular flexibility index (Phi) is 5.12. The Bertz CT molecular complexity index is 917. The van der Waals surface area contributed by atoms with Crippen molar-refractivity contribution in [3.63, 3.8) is 0 Å². The molecule has 26 heavy (non-hydrogen) atoms. The van der Waals surface area contributed by atoms with Gasteiger partial charge in [0.15, 0.2) is 0 Å². The van der Waals surface area contributed by atoms with Crippen LogP contribution in [-0.4, -0.2) is 15.8 Å². The Hall–Kier alpha value is -3.21. The van der Waals surface area contributed by atoms with Gasteiger partial charge in [-0.3, -0.25) is 25.0 Å². The zero-order valence-electron chi connectivity index (χ0n) is 12.4. The van der Waals surface area contributed by atoms with E-state index in [0.717, 1.165) is 12.1 Å². The van der Waals surface area contributed by atoms with Crippen LogP contribution in [0.2, 0.25) is 5.02 Å². The van der Waals surface area contributed by atoms with Crippen LogP contribution in [0.5, 0.6) is 0 Å². The van der Waals surface area contributed by atoms with E-state index in [2.05, 4.69) is 0 Å². The number of nitrogens with zero attached hydrogens (tertiary/aromatic N) is 2. The van der Waals surface area contributed by atoms with E-state index in [1.165, 1.54) is 6.07 Å². The highest BCUT2D eigenvalue weighted by molar-refractivity contribution is 6.36. The molecule has 0 spiro atoms. The van der Waals surface area contributed by atoms with Crippen LogP contribution >= 0.6 is 11.6 Å². The van der Waals surface area contributed by atoms with Gasteiger partial charge in [-0.15, -0.1) is 0 Å². The van der Waals surface area contributed by atoms with E-state index >= 15 is 0 Å². The van der Waals surface area contributed by atoms with Gasteiger partial charge in [-0.05, 0) is 12.1 Å². The highest BCUT2D eigenvalue weighted by atomic mass is 35.5. The molecule has 0 heterocycles. The van der Waals surface area contributed by atoms with E-state index in [1.54, 1.807) is 0 Å². The first-order valence-corrected chi connectivity index (χ1v) is 7.00. The van der Waals surface area contributed by atoms with Crippen LogP contribution in [0, 0.1) is 20.2 Å². The number of hydrogen-bond acceptors (Lipinski definition) is 5. The van der Waals surface area contributed by atoms with Crippen molar-refractivity contribution in [2.75, 3.05) is 5.32 Å². The molecule has 1 amide bonds. The van der Waals surface area contributed by atoms with Crippen LogP contribution in [0.15, 0.2) is 36.4 Å². The topological polar surface area (TPSA) is 115 Å². The van der Waals surface area contributed by atoms with Crippen molar-refractivity contribution in [3.8, 4) is 0 Å². The average Bonchev–Trinajstić information content (AvgIpc) is 2.53. The third-order valence-corrected chi connectivity index (χ3v) is 3.57. The zero-order chi connectivity index (χ0) is 19.6. The summed E-state index contributed by atoms with van der Waals surface area (Å²) in [6.45, 7) is 0. The Morgan fingerprint density at radius 2 is 1.69 bits per heavy atom. The number of para-hydroxylation sites is 1. The fourth-order valence-electron chi connectivity index (χ4n) is 2.03. The molecular weight excluding hydrogens is 383 g/mol. The number of nitrogens with one attached hydrogen (secondary N) is 1. The monoisotopic (exact) mass is 389 g/mol. The summed E-state index contributed by atoms with van der Waals surface area (Å²) in [5.41, 5.74) is -4.23. The number of nitro groups is 2. The summed E-state index contributed by atoms with van der Waals surface area (Å²) in [7, 11) is 0. The van der Waals surface area contributed by atoms with E-state index in [9.17, 15) is 38.2 Å². The van der Waals surface area contributed by atoms with Crippen LogP contribution in [0.1, 0.15) is 15.9 Å². The van der Waals surface area contributed by atoms with Crippen LogP contribution in [0.4, 0.5) is 30.2 Å². The number of rotatable bonds is 4. The van der Waals surface area contributed by atoms with Gasteiger partial charge in [-0.25, -0.2) is 0 Å². The smallest absolute Gasteiger partial charge is 0.321 e. The maximum Gasteiger partial charge on any atom is 0.418 e. The molecule has 2 aromatic rings. The molecule has 0 aliphatic carbocycles. The second kappa shape index (κ2) is 6.96. The van der Waals surface area contributed by atoms with Gasteiger partial charge in [-0.1, -0.05) is 23.7 Å². The fraction of sp³-hybridized carbons (Fsp3) is 0.0714. The number of hydrogen-bond donors (Lipinski definition) is 1. The van der Waals surface area contributed by atoms with E-state index in [0.29, 0.717) is 18.2 Å². The number of anilines is 1. The molecule has 8 nitrogen and oxygen atoms in total. The van der Waals surface area contributed by atoms with E-state index in [4.69, 9.17) is 11.6 Å². The molecular formula is C14H7ClF3N3O5. The fourth-order valence-corrected chi connectivity index (χ4v) is 2.29. The van der Waals surface area contributed by atoms with Gasteiger partial charge in [0.2, 0.25) is 0 Å². The first kappa shape index (κ1) is 19.1. The lowest BCUT2D eigenvalue weighted by atomic mass is 10.1. The Morgan fingerprint density at radius 1 is 1.08 bits per heavy atom. The molecule has 0 atom stereocenters. The number of non-ortho nitro benzene ring substituents is 1. The van der Waals surface area contributed by atoms with E-state index < -0.39 is 55.1 Å². The number of alkyl halides is 3. The summed E-state index contributed by atoms with van der Waals surface area (Å²) >= 11 is 5.72. The number of carbonyl (C=O) groups is 1. The predicted molar refractivity (Wildman–Crippen MR) is 84.2 cm³/mol. The number of carbonyl (C=O) groups excluding carboxylic acids is 1. The minimum atomic E-state index is -4.78. The van der Waals surface area contributed by atoms with Gasteiger partial charge in [0, 0.05) is 6.07 Å². The molecule has 0 unspecified atom stereocenters. The van der Waals surface area contributed by atoms with Gasteiger partial charge in [-0.2, -0.15) is 13.2 Å². The minimum absolute atomic E-state index is 0.544. The molecule has 0 radical (unpaired) electrons. The van der Waals surface area contributed by atoms with E-state index in [1.807, 2.05) is 5.32 Å². The molecule has 2 rings (SSSR count). The quantitative estimate of drug-likeness (QED) is 0.613. The second-order valence-corrected chi connectivity index (χ2v) is 5.22. The van der Waals surface area contributed by atoms with Crippen LogP contribution in [-0.2, 0) is 6.18 Å². The van der Waals surface area contributed by atoms with Crippen LogP contribution in [0.25, 0.3) is 0 Å². The van der Waals surface area contributed by atoms with Gasteiger partial charge < -0.3 is 5.32 Å². The molecule has 12 heteroatoms. The molecule has 136 valence electrons. The summed E-state index contributed by atoms with van der Waals surface area (Å²) in [5.74, 6) is -1.27. The Balaban J connectivity index is 2.52. The van der Waals surface area contributed by atoms with Crippen LogP contribution in [0.3, 0.4) is 0 Å². The standard InChI is InChI=1S/C14H7ClF3N3O5/c15-12-8(5-7(20(23)24)6-11(12)21(25)26)13(22)19-10-4-2-1-3-9(10)14(16,17)18/h1-6H,(H,19,22). The second-order valence-electron chi connectivity index (χ2n) is 4.84. The van der Waals surface area contributed by atoms with Gasteiger partial charge in [0.1, 0.15) is 5.02 Å². The molecule has 2 aromatic carbocycles. The van der Waals surface area contributed by atoms with Crippen molar-refractivity contribution in [1.29, 1.82) is 0 Å². The number of amides is 1. The lowest BCUT2D eigenvalue weighted by Crippen LogP contribution is -2.17. The summed E-state index contributed by atoms with van der Waals surface area (Å²) < 4.78 is 38.9. The lowest BCUT2D eigenvalue weighted by Gasteiger charge is -2.13. The largest absolute Gasteiger partial charge is 0.418 e. The minimum Gasteiger partial charge on any atom is -0.321 e. The Labute approximate surface area is 147 Å². The van der Waals surface area contributed by atoms with Crippen molar-refractivity contribution in [3.05, 3.63) is 72.8 Å². The molecule has 0 aromatic heterocycles. The third kappa shape index (κ3) is 3.88. The third-order valence-electron chi connectivity index (χ3n) is 3.17. The summed E-state index contributed by atoms with van der Waals surface area (Å²) in [6.07, 6.45) is -4.78. The van der Waals surface area contributed by atoms with Crippen molar-refractivity contribution in [1.82, 2.24) is 0 Å². The average molecular weight is 390 g/mol. The zero-order valence-corrected chi connectivity index (χ0v) is 13.2. The van der Waals surface area contributed by atoms with Gasteiger partial charge >= 0.3 is 6.18 Å². The highest BCUT2D eigenvalue weighted by Crippen LogP contribution is 2.36. The maximum atomic E-state index is 13.0. The molecule has 0 saturated carbocycles. The molecule has 0 aliphatic heterocycles. The van der Waals surface area contributed by atoms with Gasteiger partial charge in [0.05, 0.1) is 32.7 Å².